The SMILES string of the molecule is CCCCCCCCCCCC(=O)N(C)CCS(=O)(=O)O.[Na]. The molecule has 1 radical (unpaired) electrons. The number of carbonyl (C=O) groups excluding carboxylic acids is 1. The molecule has 0 unspecified atom stereocenters. The van der Waals surface area contributed by atoms with Gasteiger partial charge in [-0.15, -0.1) is 0 Å². The Morgan fingerprint density at radius 1 is 0.955 bits per heavy atom. The molecule has 0 aliphatic heterocycles. The van der Waals surface area contributed by atoms with Crippen molar-refractivity contribution < 1.29 is 17.8 Å². The van der Waals surface area contributed by atoms with Crippen LogP contribution in [0.25, 0.3) is 0 Å². The summed E-state index contributed by atoms with van der Waals surface area (Å²) in [6.45, 7) is 2.26. The molecule has 0 aliphatic carbocycles. The first-order valence-corrected chi connectivity index (χ1v) is 9.67. The maximum atomic E-state index is 11.7. The summed E-state index contributed by atoms with van der Waals surface area (Å²) in [5.74, 6) is -0.450. The van der Waals surface area contributed by atoms with Crippen molar-refractivity contribution in [3.63, 3.8) is 0 Å². The van der Waals surface area contributed by atoms with E-state index in [0.29, 0.717) is 6.42 Å². The summed E-state index contributed by atoms with van der Waals surface area (Å²) in [5.41, 5.74) is 0. The van der Waals surface area contributed by atoms with Gasteiger partial charge in [-0.05, 0) is 6.42 Å². The molecule has 0 heterocycles. The van der Waals surface area contributed by atoms with Gasteiger partial charge in [-0.3, -0.25) is 9.35 Å². The summed E-state index contributed by atoms with van der Waals surface area (Å²) in [6.07, 6.45) is 11.3. The van der Waals surface area contributed by atoms with E-state index in [1.807, 2.05) is 0 Å². The number of hydrogen-bond acceptors (Lipinski definition) is 3. The van der Waals surface area contributed by atoms with E-state index in [-0.39, 0.29) is 42.0 Å². The first-order chi connectivity index (χ1) is 9.87. The van der Waals surface area contributed by atoms with Gasteiger partial charge >= 0.3 is 0 Å². The zero-order valence-electron chi connectivity index (χ0n) is 14.5. The third-order valence-electron chi connectivity index (χ3n) is 3.60. The fourth-order valence-electron chi connectivity index (χ4n) is 2.15. The Balaban J connectivity index is 0. The number of carbonyl (C=O) groups is 1. The molecule has 1 amide bonds. The van der Waals surface area contributed by atoms with E-state index in [0.717, 1.165) is 19.3 Å². The van der Waals surface area contributed by atoms with Gasteiger partial charge in [0.05, 0.1) is 5.75 Å². The summed E-state index contributed by atoms with van der Waals surface area (Å²) < 4.78 is 29.8. The van der Waals surface area contributed by atoms with Crippen molar-refractivity contribution in [3.8, 4) is 0 Å². The van der Waals surface area contributed by atoms with Crippen molar-refractivity contribution >= 4 is 45.6 Å². The van der Waals surface area contributed by atoms with Crippen molar-refractivity contribution in [2.24, 2.45) is 0 Å². The van der Waals surface area contributed by atoms with Gasteiger partial charge in [0.1, 0.15) is 0 Å². The van der Waals surface area contributed by atoms with Gasteiger partial charge in [0.25, 0.3) is 10.1 Å². The number of nitrogens with zero attached hydrogens (tertiary/aromatic N) is 1. The first-order valence-electron chi connectivity index (χ1n) is 8.06. The summed E-state index contributed by atoms with van der Waals surface area (Å²) in [7, 11) is -2.42. The molecule has 0 spiro atoms. The van der Waals surface area contributed by atoms with Gasteiger partial charge < -0.3 is 4.90 Å². The standard InChI is InChI=1S/C15H31NO4S.Na/c1-3-4-5-6-7-8-9-10-11-12-15(17)16(2)13-14-21(18,19)20;/h3-14H2,1-2H3,(H,18,19,20);. The molecule has 0 aromatic carbocycles. The van der Waals surface area contributed by atoms with Gasteiger partial charge in [0.2, 0.25) is 5.91 Å². The summed E-state index contributed by atoms with van der Waals surface area (Å²) >= 11 is 0. The fraction of sp³-hybridized carbons (Fsp3) is 0.933. The molecule has 0 rings (SSSR count). The van der Waals surface area contributed by atoms with Gasteiger partial charge in [-0.1, -0.05) is 58.3 Å². The molecule has 0 fully saturated rings. The predicted molar refractivity (Wildman–Crippen MR) is 91.7 cm³/mol. The molecule has 0 aromatic heterocycles. The van der Waals surface area contributed by atoms with Crippen molar-refractivity contribution in [2.75, 3.05) is 19.3 Å². The predicted octanol–water partition coefficient (Wildman–Crippen LogP) is 2.87. The molecule has 5 nitrogen and oxygen atoms in total. The largest absolute Gasteiger partial charge is 0.345 e. The van der Waals surface area contributed by atoms with Crippen molar-refractivity contribution in [3.05, 3.63) is 0 Å². The molecule has 0 saturated carbocycles. The van der Waals surface area contributed by atoms with Gasteiger partial charge in [-0.2, -0.15) is 8.42 Å². The summed E-state index contributed by atoms with van der Waals surface area (Å²) in [6, 6.07) is 0. The van der Waals surface area contributed by atoms with E-state index in [4.69, 9.17) is 4.55 Å². The van der Waals surface area contributed by atoms with Crippen LogP contribution >= 0.6 is 0 Å². The van der Waals surface area contributed by atoms with E-state index in [1.54, 1.807) is 7.05 Å². The second kappa shape index (κ2) is 14.9. The summed E-state index contributed by atoms with van der Waals surface area (Å²) in [5, 5.41) is 0. The van der Waals surface area contributed by atoms with Crippen LogP contribution in [0, 0.1) is 0 Å². The van der Waals surface area contributed by atoms with Crippen LogP contribution in [0.2, 0.25) is 0 Å². The zero-order chi connectivity index (χ0) is 16.1. The van der Waals surface area contributed by atoms with E-state index < -0.39 is 15.9 Å². The number of unbranched alkanes of at least 4 members (excludes halogenated alkanes) is 8. The van der Waals surface area contributed by atoms with E-state index >= 15 is 0 Å². The maximum Gasteiger partial charge on any atom is 0.266 e. The van der Waals surface area contributed by atoms with E-state index in [1.165, 1.54) is 43.4 Å². The second-order valence-corrected chi connectivity index (χ2v) is 7.25. The quantitative estimate of drug-likeness (QED) is 0.317. The van der Waals surface area contributed by atoms with Crippen LogP contribution in [-0.2, 0) is 14.9 Å². The monoisotopic (exact) mass is 344 g/mol. The number of rotatable bonds is 13. The molecule has 1 N–H and O–H groups in total. The van der Waals surface area contributed by atoms with Crippen molar-refractivity contribution in [2.45, 2.75) is 71.1 Å². The molecule has 0 atom stereocenters. The molecule has 22 heavy (non-hydrogen) atoms. The molecule has 0 aromatic rings. The molecule has 127 valence electrons. The maximum absolute atomic E-state index is 11.7. The van der Waals surface area contributed by atoms with Crippen LogP contribution in [0.5, 0.6) is 0 Å². The Labute approximate surface area is 158 Å². The average Bonchev–Trinajstić information content (AvgIpc) is 2.41. The molecule has 7 heteroatoms. The third-order valence-corrected chi connectivity index (χ3v) is 4.30. The minimum Gasteiger partial charge on any atom is -0.345 e. The topological polar surface area (TPSA) is 74.7 Å². The Kier molecular flexibility index (Phi) is 16.7. The molecular formula is C15H31NNaO4S. The molecule has 0 saturated heterocycles. The van der Waals surface area contributed by atoms with Crippen LogP contribution in [0.4, 0.5) is 0 Å². The van der Waals surface area contributed by atoms with Gasteiger partial charge in [0.15, 0.2) is 0 Å². The molecule has 0 aliphatic rings. The van der Waals surface area contributed by atoms with Gasteiger partial charge in [-0.25, -0.2) is 0 Å². The second-order valence-electron chi connectivity index (χ2n) is 5.68. The third kappa shape index (κ3) is 16.7. The summed E-state index contributed by atoms with van der Waals surface area (Å²) in [4.78, 5) is 13.1. The Bertz CT molecular complexity index is 374. The van der Waals surface area contributed by atoms with Gasteiger partial charge in [0, 0.05) is 49.6 Å². The van der Waals surface area contributed by atoms with E-state index in [2.05, 4.69) is 6.92 Å². The van der Waals surface area contributed by atoms with Crippen LogP contribution in [0.15, 0.2) is 0 Å². The van der Waals surface area contributed by atoms with Crippen molar-refractivity contribution in [1.82, 2.24) is 4.90 Å². The Morgan fingerprint density at radius 2 is 1.41 bits per heavy atom. The fourth-order valence-corrected chi connectivity index (χ4v) is 2.66. The molecular weight excluding hydrogens is 313 g/mol. The van der Waals surface area contributed by atoms with Crippen molar-refractivity contribution in [1.29, 1.82) is 0 Å². The van der Waals surface area contributed by atoms with Crippen LogP contribution in [0.1, 0.15) is 71.1 Å². The minimum absolute atomic E-state index is 0. The average molecular weight is 344 g/mol. The van der Waals surface area contributed by atoms with Crippen LogP contribution in [0.3, 0.4) is 0 Å². The smallest absolute Gasteiger partial charge is 0.266 e. The zero-order valence-corrected chi connectivity index (χ0v) is 17.3. The van der Waals surface area contributed by atoms with E-state index in [9.17, 15) is 13.2 Å². The normalized spacial score (nSPS) is 11.0. The molecule has 0 bridgehead atoms. The number of hydrogen-bond donors (Lipinski definition) is 1. The van der Waals surface area contributed by atoms with Crippen LogP contribution < -0.4 is 0 Å². The minimum atomic E-state index is -3.99. The Hall–Kier alpha value is 0.380. The number of amides is 1. The van der Waals surface area contributed by atoms with Crippen LogP contribution in [-0.4, -0.2) is 72.7 Å². The Morgan fingerprint density at radius 3 is 1.86 bits per heavy atom. The first kappa shape index (κ1) is 24.6.